The van der Waals surface area contributed by atoms with Crippen molar-refractivity contribution < 1.29 is 4.42 Å². The molecule has 1 heterocycles. The number of anilines is 3. The Bertz CT molecular complexity index is 2840. The largest absolute Gasteiger partial charge is 0.455 e. The second kappa shape index (κ2) is 10.6. The van der Waals surface area contributed by atoms with Gasteiger partial charge in [-0.1, -0.05) is 127 Å². The van der Waals surface area contributed by atoms with Gasteiger partial charge in [0.05, 0.1) is 0 Å². The molecule has 48 heavy (non-hydrogen) atoms. The number of nitrogens with zero attached hydrogens (tertiary/aromatic N) is 1. The molecule has 0 bridgehead atoms. The zero-order chi connectivity index (χ0) is 31.6. The summed E-state index contributed by atoms with van der Waals surface area (Å²) in [6, 6.07) is 63.3. The maximum atomic E-state index is 6.65. The molecule has 2 heteroatoms. The fourth-order valence-corrected chi connectivity index (χ4v) is 7.48. The van der Waals surface area contributed by atoms with Crippen molar-refractivity contribution in [2.75, 3.05) is 4.90 Å². The second-order valence-corrected chi connectivity index (χ2v) is 12.5. The fourth-order valence-electron chi connectivity index (χ4n) is 7.48. The Hall–Kier alpha value is -6.38. The first-order valence-electron chi connectivity index (χ1n) is 16.4. The molecule has 0 spiro atoms. The summed E-state index contributed by atoms with van der Waals surface area (Å²) >= 11 is 0. The smallest absolute Gasteiger partial charge is 0.143 e. The number of benzene rings is 9. The molecule has 2 nitrogen and oxygen atoms in total. The minimum absolute atomic E-state index is 0.877. The van der Waals surface area contributed by atoms with Gasteiger partial charge >= 0.3 is 0 Å². The van der Waals surface area contributed by atoms with Crippen LogP contribution in [-0.4, -0.2) is 0 Å². The lowest BCUT2D eigenvalue weighted by molar-refractivity contribution is 0.672. The third-order valence-corrected chi connectivity index (χ3v) is 9.82. The van der Waals surface area contributed by atoms with Crippen molar-refractivity contribution in [1.82, 2.24) is 0 Å². The average Bonchev–Trinajstić information content (AvgIpc) is 3.53. The predicted molar refractivity (Wildman–Crippen MR) is 204 cm³/mol. The van der Waals surface area contributed by atoms with E-state index in [4.69, 9.17) is 4.42 Å². The van der Waals surface area contributed by atoms with Crippen LogP contribution in [0.5, 0.6) is 0 Å². The highest BCUT2D eigenvalue weighted by molar-refractivity contribution is 6.15. The van der Waals surface area contributed by atoms with Gasteiger partial charge in [-0.05, 0) is 91.3 Å². The normalized spacial score (nSPS) is 11.8. The van der Waals surface area contributed by atoms with Gasteiger partial charge in [-0.25, -0.2) is 0 Å². The molecule has 0 N–H and O–H groups in total. The molecule has 0 unspecified atom stereocenters. The lowest BCUT2D eigenvalue weighted by atomic mass is 9.98. The monoisotopic (exact) mass is 611 g/mol. The van der Waals surface area contributed by atoms with Gasteiger partial charge in [0.25, 0.3) is 0 Å². The highest BCUT2D eigenvalue weighted by atomic mass is 16.3. The molecule has 10 aromatic rings. The molecule has 0 aliphatic rings. The van der Waals surface area contributed by atoms with E-state index in [2.05, 4.69) is 181 Å². The molecule has 0 atom stereocenters. The third kappa shape index (κ3) is 4.20. The number of hydrogen-bond donors (Lipinski definition) is 0. The third-order valence-electron chi connectivity index (χ3n) is 9.82. The second-order valence-electron chi connectivity index (χ2n) is 12.5. The first kappa shape index (κ1) is 26.8. The molecule has 0 aliphatic carbocycles. The van der Waals surface area contributed by atoms with E-state index in [1.165, 1.54) is 48.8 Å². The summed E-state index contributed by atoms with van der Waals surface area (Å²) < 4.78 is 6.65. The van der Waals surface area contributed by atoms with Crippen LogP contribution < -0.4 is 4.90 Å². The molecule has 1 aromatic heterocycles. The van der Waals surface area contributed by atoms with Gasteiger partial charge in [-0.3, -0.25) is 0 Å². The van der Waals surface area contributed by atoms with Crippen molar-refractivity contribution in [1.29, 1.82) is 0 Å². The molecule has 0 saturated carbocycles. The summed E-state index contributed by atoms with van der Waals surface area (Å²) in [5.74, 6) is 0. The SMILES string of the molecule is c1ccc2c(-c3ccc(N(c4ccc5c(c4)oc4c6ccccc6ccc54)c4ccc5ccc6ccccc6c5c4)cc3)cccc2c1. The van der Waals surface area contributed by atoms with E-state index in [-0.39, 0.29) is 0 Å². The molecular formula is C46H29NO. The van der Waals surface area contributed by atoms with Crippen molar-refractivity contribution in [3.63, 3.8) is 0 Å². The summed E-state index contributed by atoms with van der Waals surface area (Å²) in [6.07, 6.45) is 0. The highest BCUT2D eigenvalue weighted by Gasteiger charge is 2.18. The van der Waals surface area contributed by atoms with E-state index in [1.807, 2.05) is 0 Å². The molecular weight excluding hydrogens is 583 g/mol. The van der Waals surface area contributed by atoms with Crippen LogP contribution in [-0.2, 0) is 0 Å². The van der Waals surface area contributed by atoms with E-state index in [0.717, 1.165) is 44.4 Å². The van der Waals surface area contributed by atoms with Crippen LogP contribution in [0.15, 0.2) is 180 Å². The number of hydrogen-bond acceptors (Lipinski definition) is 2. The molecule has 10 rings (SSSR count). The summed E-state index contributed by atoms with van der Waals surface area (Å²) in [7, 11) is 0. The van der Waals surface area contributed by atoms with Crippen LogP contribution in [0.3, 0.4) is 0 Å². The predicted octanol–water partition coefficient (Wildman–Crippen LogP) is 13.3. The average molecular weight is 612 g/mol. The van der Waals surface area contributed by atoms with E-state index in [9.17, 15) is 0 Å². The summed E-state index contributed by atoms with van der Waals surface area (Å²) in [4.78, 5) is 2.35. The Morgan fingerprint density at radius 1 is 0.333 bits per heavy atom. The first-order valence-corrected chi connectivity index (χ1v) is 16.4. The molecule has 9 aromatic carbocycles. The van der Waals surface area contributed by atoms with Crippen LogP contribution in [0.1, 0.15) is 0 Å². The topological polar surface area (TPSA) is 16.4 Å². The van der Waals surface area contributed by atoms with E-state index in [1.54, 1.807) is 0 Å². The minimum Gasteiger partial charge on any atom is -0.455 e. The minimum atomic E-state index is 0.877. The molecule has 0 saturated heterocycles. The van der Waals surface area contributed by atoms with Gasteiger partial charge in [0.1, 0.15) is 11.2 Å². The van der Waals surface area contributed by atoms with Gasteiger partial charge in [0.15, 0.2) is 0 Å². The van der Waals surface area contributed by atoms with Gasteiger partial charge < -0.3 is 9.32 Å². The fraction of sp³-hybridized carbons (Fsp3) is 0. The summed E-state index contributed by atoms with van der Waals surface area (Å²) in [5, 5.41) is 12.0. The summed E-state index contributed by atoms with van der Waals surface area (Å²) in [6.45, 7) is 0. The lowest BCUT2D eigenvalue weighted by Gasteiger charge is -2.26. The number of fused-ring (bicyclic) bond motifs is 9. The Morgan fingerprint density at radius 2 is 0.875 bits per heavy atom. The van der Waals surface area contributed by atoms with Crippen LogP contribution in [0.2, 0.25) is 0 Å². The van der Waals surface area contributed by atoms with Crippen LogP contribution in [0, 0.1) is 0 Å². The quantitative estimate of drug-likeness (QED) is 0.184. The highest BCUT2D eigenvalue weighted by Crippen LogP contribution is 2.42. The maximum absolute atomic E-state index is 6.65. The van der Waals surface area contributed by atoms with Crippen molar-refractivity contribution >= 4 is 82.1 Å². The standard InChI is InChI=1S/C46H29NO/c1-4-12-38-30(8-1)11-7-15-39(38)33-18-22-35(23-19-33)47(36-24-20-34-17-16-31-9-2-5-13-40(31)44(34)28-36)37-25-27-42-43-26-21-32-10-3-6-14-41(32)46(43)48-45(42)29-37/h1-29H. The van der Waals surface area contributed by atoms with Crippen molar-refractivity contribution in [2.45, 2.75) is 0 Å². The lowest BCUT2D eigenvalue weighted by Crippen LogP contribution is -2.09. The molecule has 0 radical (unpaired) electrons. The van der Waals surface area contributed by atoms with E-state index >= 15 is 0 Å². The number of rotatable bonds is 4. The van der Waals surface area contributed by atoms with Crippen molar-refractivity contribution in [3.05, 3.63) is 176 Å². The molecule has 0 amide bonds. The Kier molecular flexibility index (Phi) is 5.91. The Morgan fingerprint density at radius 3 is 1.69 bits per heavy atom. The Labute approximate surface area is 277 Å². The van der Waals surface area contributed by atoms with Gasteiger partial charge in [0, 0.05) is 39.3 Å². The van der Waals surface area contributed by atoms with Crippen LogP contribution >= 0.6 is 0 Å². The molecule has 224 valence electrons. The van der Waals surface area contributed by atoms with Gasteiger partial charge in [0.2, 0.25) is 0 Å². The van der Waals surface area contributed by atoms with E-state index in [0.29, 0.717) is 0 Å². The maximum Gasteiger partial charge on any atom is 0.143 e. The zero-order valence-electron chi connectivity index (χ0n) is 26.1. The van der Waals surface area contributed by atoms with Crippen LogP contribution in [0.25, 0.3) is 76.2 Å². The summed E-state index contributed by atoms with van der Waals surface area (Å²) in [5.41, 5.74) is 7.46. The Balaban J connectivity index is 1.17. The molecule has 0 aliphatic heterocycles. The molecule has 0 fully saturated rings. The van der Waals surface area contributed by atoms with Crippen molar-refractivity contribution in [2.24, 2.45) is 0 Å². The van der Waals surface area contributed by atoms with Crippen LogP contribution in [0.4, 0.5) is 17.1 Å². The number of furan rings is 1. The zero-order valence-corrected chi connectivity index (χ0v) is 26.1. The van der Waals surface area contributed by atoms with Gasteiger partial charge in [-0.2, -0.15) is 0 Å². The van der Waals surface area contributed by atoms with Crippen molar-refractivity contribution in [3.8, 4) is 11.1 Å². The van der Waals surface area contributed by atoms with E-state index < -0.39 is 0 Å². The first-order chi connectivity index (χ1) is 23.8. The van der Waals surface area contributed by atoms with Gasteiger partial charge in [-0.15, -0.1) is 0 Å².